The van der Waals surface area contributed by atoms with Crippen molar-refractivity contribution >= 4 is 40.8 Å². The van der Waals surface area contributed by atoms with Crippen molar-refractivity contribution in [3.05, 3.63) is 30.0 Å². The molecule has 0 aliphatic heterocycles. The zero-order valence-corrected chi connectivity index (χ0v) is 16.9. The highest BCUT2D eigenvalue weighted by atomic mass is 127. The van der Waals surface area contributed by atoms with Crippen molar-refractivity contribution in [3.63, 3.8) is 0 Å². The van der Waals surface area contributed by atoms with Gasteiger partial charge in [-0.2, -0.15) is 0 Å². The van der Waals surface area contributed by atoms with Crippen molar-refractivity contribution < 1.29 is 4.74 Å². The maximum absolute atomic E-state index is 5.90. The van der Waals surface area contributed by atoms with Crippen molar-refractivity contribution in [2.45, 2.75) is 39.0 Å². The lowest BCUT2D eigenvalue weighted by Gasteiger charge is -2.07. The van der Waals surface area contributed by atoms with Crippen molar-refractivity contribution in [2.24, 2.45) is 10.7 Å². The van der Waals surface area contributed by atoms with Gasteiger partial charge in [0.15, 0.2) is 5.96 Å². The highest BCUT2D eigenvalue weighted by molar-refractivity contribution is 14.0. The Bertz CT molecular complexity index is 639. The van der Waals surface area contributed by atoms with E-state index in [-0.39, 0.29) is 24.0 Å². The summed E-state index contributed by atoms with van der Waals surface area (Å²) in [6.07, 6.45) is 7.74. The van der Waals surface area contributed by atoms with E-state index < -0.39 is 0 Å². The third-order valence-electron chi connectivity index (χ3n) is 3.96. The zero-order chi connectivity index (χ0) is 16.5. The zero-order valence-electron chi connectivity index (χ0n) is 14.6. The molecule has 0 spiro atoms. The second kappa shape index (κ2) is 11.2. The SMILES string of the molecule is CCCCCCN=C(N)NCCc1c[nH]c2cccc(OC)c12.I. The first-order valence-electron chi connectivity index (χ1n) is 8.43. The Morgan fingerprint density at radius 2 is 2.12 bits per heavy atom. The molecule has 134 valence electrons. The fourth-order valence-electron chi connectivity index (χ4n) is 2.71. The summed E-state index contributed by atoms with van der Waals surface area (Å²) < 4.78 is 5.45. The number of guanidine groups is 1. The number of halogens is 1. The summed E-state index contributed by atoms with van der Waals surface area (Å²) >= 11 is 0. The molecule has 2 rings (SSSR count). The minimum atomic E-state index is 0. The van der Waals surface area contributed by atoms with Gasteiger partial charge in [0.1, 0.15) is 5.75 Å². The molecular weight excluding hydrogens is 415 g/mol. The molecule has 0 saturated heterocycles. The number of nitrogens with zero attached hydrogens (tertiary/aromatic N) is 1. The average molecular weight is 444 g/mol. The predicted octanol–water partition coefficient (Wildman–Crippen LogP) is 3.82. The van der Waals surface area contributed by atoms with Crippen molar-refractivity contribution in [2.75, 3.05) is 20.2 Å². The molecule has 4 N–H and O–H groups in total. The summed E-state index contributed by atoms with van der Waals surface area (Å²) in [5.74, 6) is 1.43. The number of nitrogens with one attached hydrogen (secondary N) is 2. The van der Waals surface area contributed by atoms with E-state index in [9.17, 15) is 0 Å². The van der Waals surface area contributed by atoms with Gasteiger partial charge in [-0.05, 0) is 30.5 Å². The molecule has 2 aromatic rings. The maximum Gasteiger partial charge on any atom is 0.188 e. The van der Waals surface area contributed by atoms with Gasteiger partial charge in [0.05, 0.1) is 7.11 Å². The van der Waals surface area contributed by atoms with Crippen LogP contribution in [-0.4, -0.2) is 31.1 Å². The fraction of sp³-hybridized carbons (Fsp3) is 0.500. The van der Waals surface area contributed by atoms with E-state index in [2.05, 4.69) is 28.3 Å². The third kappa shape index (κ3) is 5.89. The van der Waals surface area contributed by atoms with Gasteiger partial charge in [0, 0.05) is 30.2 Å². The summed E-state index contributed by atoms with van der Waals surface area (Å²) in [4.78, 5) is 7.65. The molecule has 0 amide bonds. The number of unbranched alkanes of at least 4 members (excludes halogenated alkanes) is 3. The Hall–Kier alpha value is -1.44. The number of benzene rings is 1. The van der Waals surface area contributed by atoms with Gasteiger partial charge in [0.25, 0.3) is 0 Å². The number of H-pyrrole nitrogens is 1. The van der Waals surface area contributed by atoms with Gasteiger partial charge in [-0.25, -0.2) is 0 Å². The minimum Gasteiger partial charge on any atom is -0.496 e. The number of nitrogens with two attached hydrogens (primary N) is 1. The van der Waals surface area contributed by atoms with Crippen molar-refractivity contribution in [1.82, 2.24) is 10.3 Å². The number of hydrogen-bond donors (Lipinski definition) is 3. The van der Waals surface area contributed by atoms with Gasteiger partial charge >= 0.3 is 0 Å². The molecule has 0 unspecified atom stereocenters. The lowest BCUT2D eigenvalue weighted by atomic mass is 10.1. The van der Waals surface area contributed by atoms with E-state index in [1.54, 1.807) is 7.11 Å². The molecule has 0 bridgehead atoms. The summed E-state index contributed by atoms with van der Waals surface area (Å²) in [5.41, 5.74) is 8.22. The number of aromatic amines is 1. The standard InChI is InChI=1S/C18H28N4O.HI/c1-3-4-5-6-11-20-18(19)21-12-10-14-13-22-15-8-7-9-16(23-2)17(14)15;/h7-9,13,22H,3-6,10-12H2,1-2H3,(H3,19,20,21);1H. The molecule has 24 heavy (non-hydrogen) atoms. The first kappa shape index (κ1) is 20.6. The fourth-order valence-corrected chi connectivity index (χ4v) is 2.71. The summed E-state index contributed by atoms with van der Waals surface area (Å²) in [5, 5.41) is 4.33. The summed E-state index contributed by atoms with van der Waals surface area (Å²) in [6.45, 7) is 3.77. The average Bonchev–Trinajstić information content (AvgIpc) is 2.98. The molecule has 5 nitrogen and oxygen atoms in total. The lowest BCUT2D eigenvalue weighted by molar-refractivity contribution is 0.419. The molecule has 1 aromatic carbocycles. The number of methoxy groups -OCH3 is 1. The lowest BCUT2D eigenvalue weighted by Crippen LogP contribution is -2.33. The van der Waals surface area contributed by atoms with Crippen LogP contribution in [0.2, 0.25) is 0 Å². The second-order valence-electron chi connectivity index (χ2n) is 5.70. The van der Waals surface area contributed by atoms with Crippen LogP contribution in [0.4, 0.5) is 0 Å². The number of rotatable bonds is 9. The van der Waals surface area contributed by atoms with E-state index in [0.717, 1.165) is 42.6 Å². The molecule has 0 radical (unpaired) electrons. The molecule has 6 heteroatoms. The van der Waals surface area contributed by atoms with Crippen LogP contribution in [0.5, 0.6) is 5.75 Å². The number of aliphatic imine (C=N–C) groups is 1. The van der Waals surface area contributed by atoms with E-state index in [1.807, 2.05) is 18.3 Å². The Balaban J connectivity index is 0.00000288. The summed E-state index contributed by atoms with van der Waals surface area (Å²) in [6, 6.07) is 6.03. The van der Waals surface area contributed by atoms with Gasteiger partial charge in [-0.15, -0.1) is 24.0 Å². The van der Waals surface area contributed by atoms with E-state index in [1.165, 1.54) is 24.8 Å². The molecule has 0 atom stereocenters. The molecule has 0 aliphatic rings. The largest absolute Gasteiger partial charge is 0.496 e. The Labute approximate surface area is 161 Å². The van der Waals surface area contributed by atoms with Crippen LogP contribution < -0.4 is 15.8 Å². The molecule has 1 aromatic heterocycles. The smallest absolute Gasteiger partial charge is 0.188 e. The summed E-state index contributed by atoms with van der Waals surface area (Å²) in [7, 11) is 1.70. The van der Waals surface area contributed by atoms with Crippen LogP contribution in [0, 0.1) is 0 Å². The molecular formula is C18H29IN4O. The van der Waals surface area contributed by atoms with Gasteiger partial charge in [-0.1, -0.05) is 32.3 Å². The van der Waals surface area contributed by atoms with E-state index >= 15 is 0 Å². The first-order valence-corrected chi connectivity index (χ1v) is 8.43. The van der Waals surface area contributed by atoms with Crippen LogP contribution in [0.3, 0.4) is 0 Å². The topological polar surface area (TPSA) is 75.4 Å². The van der Waals surface area contributed by atoms with Gasteiger partial charge in [0.2, 0.25) is 0 Å². The Morgan fingerprint density at radius 3 is 2.88 bits per heavy atom. The van der Waals surface area contributed by atoms with Crippen LogP contribution in [0.25, 0.3) is 10.9 Å². The van der Waals surface area contributed by atoms with Crippen LogP contribution in [-0.2, 0) is 6.42 Å². The van der Waals surface area contributed by atoms with Crippen molar-refractivity contribution in [3.8, 4) is 5.75 Å². The predicted molar refractivity (Wildman–Crippen MR) is 113 cm³/mol. The van der Waals surface area contributed by atoms with Crippen LogP contribution in [0.1, 0.15) is 38.2 Å². The minimum absolute atomic E-state index is 0. The van der Waals surface area contributed by atoms with Crippen LogP contribution >= 0.6 is 24.0 Å². The number of hydrogen-bond acceptors (Lipinski definition) is 2. The van der Waals surface area contributed by atoms with Crippen LogP contribution in [0.15, 0.2) is 29.4 Å². The quantitative estimate of drug-likeness (QED) is 0.238. The maximum atomic E-state index is 5.90. The number of ether oxygens (including phenoxy) is 1. The van der Waals surface area contributed by atoms with Gasteiger partial charge < -0.3 is 20.8 Å². The number of aromatic nitrogens is 1. The third-order valence-corrected chi connectivity index (χ3v) is 3.96. The molecule has 1 heterocycles. The van der Waals surface area contributed by atoms with E-state index in [4.69, 9.17) is 10.5 Å². The Kier molecular flexibility index (Phi) is 9.59. The highest BCUT2D eigenvalue weighted by Gasteiger charge is 2.08. The van der Waals surface area contributed by atoms with Crippen molar-refractivity contribution in [1.29, 1.82) is 0 Å². The number of fused-ring (bicyclic) bond motifs is 1. The van der Waals surface area contributed by atoms with E-state index in [0.29, 0.717) is 5.96 Å². The molecule has 0 aliphatic carbocycles. The molecule has 0 saturated carbocycles. The second-order valence-corrected chi connectivity index (χ2v) is 5.70. The first-order chi connectivity index (χ1) is 11.3. The van der Waals surface area contributed by atoms with Gasteiger partial charge in [-0.3, -0.25) is 4.99 Å². The normalized spacial score (nSPS) is 11.3. The molecule has 0 fully saturated rings. The monoisotopic (exact) mass is 444 g/mol. The Morgan fingerprint density at radius 1 is 1.29 bits per heavy atom. The highest BCUT2D eigenvalue weighted by Crippen LogP contribution is 2.28.